The molecular formula is C13H21N5. The first-order chi connectivity index (χ1) is 8.61. The maximum absolute atomic E-state index is 4.30. The standard InChI is InChI=1S/C13H21N5/c1-10-12(8-16-18(10)4)13(14-2)6-5-11-7-15-17(3)9-11/h7-9,13-14H,5-6H2,1-4H3. The Balaban J connectivity index is 2.04. The number of hydrogen-bond acceptors (Lipinski definition) is 3. The molecule has 2 heterocycles. The van der Waals surface area contributed by atoms with E-state index in [-0.39, 0.29) is 0 Å². The molecule has 2 rings (SSSR count). The molecule has 0 aliphatic heterocycles. The first-order valence-corrected chi connectivity index (χ1v) is 6.25. The maximum Gasteiger partial charge on any atom is 0.0540 e. The molecule has 0 radical (unpaired) electrons. The highest BCUT2D eigenvalue weighted by molar-refractivity contribution is 5.21. The van der Waals surface area contributed by atoms with Crippen LogP contribution in [-0.2, 0) is 20.5 Å². The minimum Gasteiger partial charge on any atom is -0.313 e. The van der Waals surface area contributed by atoms with Crippen molar-refractivity contribution in [1.82, 2.24) is 24.9 Å². The van der Waals surface area contributed by atoms with Crippen molar-refractivity contribution in [2.45, 2.75) is 25.8 Å². The summed E-state index contributed by atoms with van der Waals surface area (Å²) in [6, 6.07) is 0.346. The fourth-order valence-electron chi connectivity index (χ4n) is 2.23. The van der Waals surface area contributed by atoms with Gasteiger partial charge in [0.05, 0.1) is 12.4 Å². The van der Waals surface area contributed by atoms with Gasteiger partial charge < -0.3 is 5.32 Å². The molecule has 98 valence electrons. The maximum atomic E-state index is 4.30. The topological polar surface area (TPSA) is 47.7 Å². The lowest BCUT2D eigenvalue weighted by molar-refractivity contribution is 0.545. The van der Waals surface area contributed by atoms with Gasteiger partial charge in [-0.2, -0.15) is 10.2 Å². The molecule has 0 spiro atoms. The largest absolute Gasteiger partial charge is 0.313 e. The lowest BCUT2D eigenvalue weighted by Crippen LogP contribution is -2.17. The van der Waals surface area contributed by atoms with Gasteiger partial charge in [0.15, 0.2) is 0 Å². The molecule has 1 atom stereocenters. The highest BCUT2D eigenvalue weighted by atomic mass is 15.3. The molecule has 2 aromatic heterocycles. The number of aryl methyl sites for hydroxylation is 3. The summed E-state index contributed by atoms with van der Waals surface area (Å²) in [5.74, 6) is 0. The SMILES string of the molecule is CNC(CCc1cnn(C)c1)c1cnn(C)c1C. The summed E-state index contributed by atoms with van der Waals surface area (Å²) < 4.78 is 3.77. The van der Waals surface area contributed by atoms with Crippen LogP contribution in [-0.4, -0.2) is 26.6 Å². The summed E-state index contributed by atoms with van der Waals surface area (Å²) in [4.78, 5) is 0. The van der Waals surface area contributed by atoms with E-state index < -0.39 is 0 Å². The Morgan fingerprint density at radius 2 is 2.06 bits per heavy atom. The molecule has 0 amide bonds. The monoisotopic (exact) mass is 247 g/mol. The molecule has 1 N–H and O–H groups in total. The third-order valence-corrected chi connectivity index (χ3v) is 3.48. The minimum atomic E-state index is 0.346. The molecular weight excluding hydrogens is 226 g/mol. The third kappa shape index (κ3) is 2.61. The van der Waals surface area contributed by atoms with E-state index in [9.17, 15) is 0 Å². The fourth-order valence-corrected chi connectivity index (χ4v) is 2.23. The van der Waals surface area contributed by atoms with Crippen LogP contribution >= 0.6 is 0 Å². The minimum absolute atomic E-state index is 0.346. The van der Waals surface area contributed by atoms with Crippen LogP contribution in [0.1, 0.15) is 29.3 Å². The Morgan fingerprint density at radius 3 is 2.56 bits per heavy atom. The summed E-state index contributed by atoms with van der Waals surface area (Å²) in [6.07, 6.45) is 8.04. The van der Waals surface area contributed by atoms with Gasteiger partial charge in [-0.1, -0.05) is 0 Å². The van der Waals surface area contributed by atoms with Crippen molar-refractivity contribution >= 4 is 0 Å². The highest BCUT2D eigenvalue weighted by Gasteiger charge is 2.15. The van der Waals surface area contributed by atoms with Crippen LogP contribution in [0.25, 0.3) is 0 Å². The lowest BCUT2D eigenvalue weighted by Gasteiger charge is -2.15. The number of aromatic nitrogens is 4. The first kappa shape index (κ1) is 12.8. The Labute approximate surface area is 108 Å². The Morgan fingerprint density at radius 1 is 1.28 bits per heavy atom. The van der Waals surface area contributed by atoms with Crippen molar-refractivity contribution < 1.29 is 0 Å². The van der Waals surface area contributed by atoms with Gasteiger partial charge in [0, 0.05) is 37.6 Å². The molecule has 0 fully saturated rings. The van der Waals surface area contributed by atoms with Gasteiger partial charge >= 0.3 is 0 Å². The second-order valence-electron chi connectivity index (χ2n) is 4.71. The molecule has 18 heavy (non-hydrogen) atoms. The van der Waals surface area contributed by atoms with Crippen LogP contribution in [0.5, 0.6) is 0 Å². The van der Waals surface area contributed by atoms with Crippen LogP contribution in [0.2, 0.25) is 0 Å². The number of hydrogen-bond donors (Lipinski definition) is 1. The zero-order valence-electron chi connectivity index (χ0n) is 11.5. The van der Waals surface area contributed by atoms with Crippen molar-refractivity contribution in [2.24, 2.45) is 14.1 Å². The van der Waals surface area contributed by atoms with E-state index in [1.54, 1.807) is 0 Å². The van der Waals surface area contributed by atoms with Gasteiger partial charge in [-0.05, 0) is 32.4 Å². The van der Waals surface area contributed by atoms with E-state index in [4.69, 9.17) is 0 Å². The predicted molar refractivity (Wildman–Crippen MR) is 71.3 cm³/mol. The third-order valence-electron chi connectivity index (χ3n) is 3.48. The van der Waals surface area contributed by atoms with Gasteiger partial charge in [0.1, 0.15) is 0 Å². The van der Waals surface area contributed by atoms with Crippen molar-refractivity contribution in [3.63, 3.8) is 0 Å². The zero-order chi connectivity index (χ0) is 13.1. The molecule has 0 aliphatic rings. The smallest absolute Gasteiger partial charge is 0.0540 e. The molecule has 1 unspecified atom stereocenters. The Hall–Kier alpha value is -1.62. The molecule has 2 aromatic rings. The average molecular weight is 247 g/mol. The van der Waals surface area contributed by atoms with Crippen LogP contribution in [0.3, 0.4) is 0 Å². The summed E-state index contributed by atoms with van der Waals surface area (Å²) in [5.41, 5.74) is 3.78. The predicted octanol–water partition coefficient (Wildman–Crippen LogP) is 1.36. The second kappa shape index (κ2) is 5.35. The van der Waals surface area contributed by atoms with Crippen LogP contribution in [0.15, 0.2) is 18.6 Å². The molecule has 0 saturated carbocycles. The lowest BCUT2D eigenvalue weighted by atomic mass is 10.0. The molecule has 5 heteroatoms. The number of rotatable bonds is 5. The quantitative estimate of drug-likeness (QED) is 0.867. The normalized spacial score (nSPS) is 12.9. The van der Waals surface area contributed by atoms with Crippen molar-refractivity contribution in [3.8, 4) is 0 Å². The van der Waals surface area contributed by atoms with E-state index in [0.717, 1.165) is 12.8 Å². The van der Waals surface area contributed by atoms with Crippen molar-refractivity contribution in [2.75, 3.05) is 7.05 Å². The van der Waals surface area contributed by atoms with Gasteiger partial charge in [0.2, 0.25) is 0 Å². The van der Waals surface area contributed by atoms with Crippen molar-refractivity contribution in [1.29, 1.82) is 0 Å². The Bertz CT molecular complexity index is 511. The molecule has 0 aliphatic carbocycles. The van der Waals surface area contributed by atoms with Gasteiger partial charge in [0.25, 0.3) is 0 Å². The highest BCUT2D eigenvalue weighted by Crippen LogP contribution is 2.21. The second-order valence-corrected chi connectivity index (χ2v) is 4.71. The zero-order valence-corrected chi connectivity index (χ0v) is 11.5. The van der Waals surface area contributed by atoms with Gasteiger partial charge in [-0.15, -0.1) is 0 Å². The Kier molecular flexibility index (Phi) is 3.81. The van der Waals surface area contributed by atoms with E-state index in [2.05, 4.69) is 28.6 Å². The fraction of sp³-hybridized carbons (Fsp3) is 0.538. The van der Waals surface area contributed by atoms with E-state index in [0.29, 0.717) is 6.04 Å². The molecule has 0 bridgehead atoms. The van der Waals surface area contributed by atoms with Crippen LogP contribution in [0, 0.1) is 6.92 Å². The summed E-state index contributed by atoms with van der Waals surface area (Å²) in [6.45, 7) is 2.11. The summed E-state index contributed by atoms with van der Waals surface area (Å²) >= 11 is 0. The van der Waals surface area contributed by atoms with Crippen LogP contribution in [0.4, 0.5) is 0 Å². The van der Waals surface area contributed by atoms with Crippen molar-refractivity contribution in [3.05, 3.63) is 35.4 Å². The van der Waals surface area contributed by atoms with E-state index in [1.807, 2.05) is 42.9 Å². The van der Waals surface area contributed by atoms with Gasteiger partial charge in [-0.3, -0.25) is 9.36 Å². The average Bonchev–Trinajstić information content (AvgIpc) is 2.90. The summed E-state index contributed by atoms with van der Waals surface area (Å²) in [5, 5.41) is 11.9. The van der Waals surface area contributed by atoms with E-state index in [1.165, 1.54) is 16.8 Å². The molecule has 0 saturated heterocycles. The number of nitrogens with one attached hydrogen (secondary N) is 1. The summed E-state index contributed by atoms with van der Waals surface area (Å²) in [7, 11) is 5.93. The van der Waals surface area contributed by atoms with Gasteiger partial charge in [-0.25, -0.2) is 0 Å². The van der Waals surface area contributed by atoms with E-state index >= 15 is 0 Å². The van der Waals surface area contributed by atoms with Crippen LogP contribution < -0.4 is 5.32 Å². The number of nitrogens with zero attached hydrogens (tertiary/aromatic N) is 4. The first-order valence-electron chi connectivity index (χ1n) is 6.25. The molecule has 0 aromatic carbocycles. The molecule has 5 nitrogen and oxygen atoms in total.